The summed E-state index contributed by atoms with van der Waals surface area (Å²) in [6.45, 7) is 3.31. The summed E-state index contributed by atoms with van der Waals surface area (Å²) >= 11 is 0. The largest absolute Gasteiger partial charge is 0.459 e. The third-order valence-corrected chi connectivity index (χ3v) is 3.45. The molecule has 1 heterocycles. The maximum Gasteiger partial charge on any atom is 0.326 e. The van der Waals surface area contributed by atoms with Gasteiger partial charge in [0.2, 0.25) is 0 Å². The molecular weight excluding hydrogens is 214 g/mol. The van der Waals surface area contributed by atoms with Crippen LogP contribution in [0.2, 0.25) is 0 Å². The third kappa shape index (κ3) is 2.67. The van der Waals surface area contributed by atoms with Gasteiger partial charge in [0.05, 0.1) is 0 Å². The maximum atomic E-state index is 12.1. The van der Waals surface area contributed by atoms with Gasteiger partial charge in [0.25, 0.3) is 0 Å². The van der Waals surface area contributed by atoms with Crippen molar-refractivity contribution in [3.05, 3.63) is 35.9 Å². The Bertz CT molecular complexity index is 369. The normalized spacial score (nSPS) is 23.6. The maximum absolute atomic E-state index is 12.1. The van der Waals surface area contributed by atoms with Crippen LogP contribution in [0.4, 0.5) is 0 Å². The van der Waals surface area contributed by atoms with Crippen LogP contribution in [0.5, 0.6) is 0 Å². The van der Waals surface area contributed by atoms with Crippen LogP contribution in [-0.2, 0) is 16.1 Å². The van der Waals surface area contributed by atoms with Gasteiger partial charge in [-0.1, -0.05) is 37.3 Å². The average Bonchev–Trinajstić information content (AvgIpc) is 2.87. The minimum Gasteiger partial charge on any atom is -0.459 e. The van der Waals surface area contributed by atoms with Crippen molar-refractivity contribution in [2.75, 3.05) is 6.54 Å². The van der Waals surface area contributed by atoms with Crippen LogP contribution >= 0.6 is 0 Å². The summed E-state index contributed by atoms with van der Waals surface area (Å²) in [5.74, 6) is -0.110. The molecular formula is C14H19NO2. The molecule has 0 amide bonds. The van der Waals surface area contributed by atoms with E-state index in [2.05, 4.69) is 5.32 Å². The molecule has 1 unspecified atom stereocenters. The summed E-state index contributed by atoms with van der Waals surface area (Å²) in [7, 11) is 0. The monoisotopic (exact) mass is 233 g/mol. The van der Waals surface area contributed by atoms with E-state index >= 15 is 0 Å². The molecule has 1 aromatic rings. The Labute approximate surface area is 102 Å². The highest BCUT2D eigenvalue weighted by Gasteiger charge is 2.40. The predicted octanol–water partition coefficient (Wildman–Crippen LogP) is 2.26. The van der Waals surface area contributed by atoms with Crippen LogP contribution in [0.15, 0.2) is 30.3 Å². The third-order valence-electron chi connectivity index (χ3n) is 3.45. The van der Waals surface area contributed by atoms with Gasteiger partial charge in [0.1, 0.15) is 12.1 Å². The average molecular weight is 233 g/mol. The summed E-state index contributed by atoms with van der Waals surface area (Å²) in [5, 5.41) is 3.28. The Morgan fingerprint density at radius 3 is 2.76 bits per heavy atom. The van der Waals surface area contributed by atoms with Crippen molar-refractivity contribution >= 4 is 5.97 Å². The van der Waals surface area contributed by atoms with Crippen molar-refractivity contribution in [2.45, 2.75) is 38.3 Å². The van der Waals surface area contributed by atoms with Gasteiger partial charge in [-0.25, -0.2) is 0 Å². The van der Waals surface area contributed by atoms with Gasteiger partial charge in [-0.05, 0) is 31.4 Å². The van der Waals surface area contributed by atoms with Crippen molar-refractivity contribution in [3.63, 3.8) is 0 Å². The zero-order chi connectivity index (χ0) is 12.1. The smallest absolute Gasteiger partial charge is 0.326 e. The second-order valence-electron chi connectivity index (χ2n) is 4.53. The van der Waals surface area contributed by atoms with Crippen LogP contribution in [0, 0.1) is 0 Å². The molecule has 1 aromatic carbocycles. The highest BCUT2D eigenvalue weighted by atomic mass is 16.5. The molecule has 1 fully saturated rings. The Morgan fingerprint density at radius 1 is 1.41 bits per heavy atom. The topological polar surface area (TPSA) is 38.3 Å². The van der Waals surface area contributed by atoms with E-state index in [4.69, 9.17) is 4.74 Å². The molecule has 0 bridgehead atoms. The number of hydrogen-bond donors (Lipinski definition) is 1. The number of hydrogen-bond acceptors (Lipinski definition) is 3. The molecule has 3 heteroatoms. The molecule has 0 aromatic heterocycles. The first-order chi connectivity index (χ1) is 8.27. The SMILES string of the molecule is CCC1(C(=O)OCc2ccccc2)CCCN1. The molecule has 3 nitrogen and oxygen atoms in total. The Morgan fingerprint density at radius 2 is 2.18 bits per heavy atom. The van der Waals surface area contributed by atoms with E-state index in [1.165, 1.54) is 0 Å². The molecule has 17 heavy (non-hydrogen) atoms. The quantitative estimate of drug-likeness (QED) is 0.811. The fraction of sp³-hybridized carbons (Fsp3) is 0.500. The number of nitrogens with one attached hydrogen (secondary N) is 1. The standard InChI is InChI=1S/C14H19NO2/c1-2-14(9-6-10-15-14)13(16)17-11-12-7-4-3-5-8-12/h3-5,7-8,15H,2,6,9-11H2,1H3. The highest BCUT2D eigenvalue weighted by molar-refractivity contribution is 5.81. The lowest BCUT2D eigenvalue weighted by molar-refractivity contribution is -0.152. The fourth-order valence-corrected chi connectivity index (χ4v) is 2.29. The predicted molar refractivity (Wildman–Crippen MR) is 66.5 cm³/mol. The van der Waals surface area contributed by atoms with E-state index in [0.29, 0.717) is 6.61 Å². The van der Waals surface area contributed by atoms with Gasteiger partial charge in [0, 0.05) is 0 Å². The number of carbonyl (C=O) groups is 1. The van der Waals surface area contributed by atoms with Crippen molar-refractivity contribution in [2.24, 2.45) is 0 Å². The van der Waals surface area contributed by atoms with Gasteiger partial charge >= 0.3 is 5.97 Å². The van der Waals surface area contributed by atoms with E-state index < -0.39 is 5.54 Å². The molecule has 1 atom stereocenters. The molecule has 1 aliphatic rings. The number of esters is 1. The van der Waals surface area contributed by atoms with Crippen molar-refractivity contribution in [1.29, 1.82) is 0 Å². The number of benzene rings is 1. The minimum atomic E-state index is -0.436. The summed E-state index contributed by atoms with van der Waals surface area (Å²) in [4.78, 5) is 12.1. The van der Waals surface area contributed by atoms with Crippen LogP contribution < -0.4 is 5.32 Å². The van der Waals surface area contributed by atoms with Crippen LogP contribution in [0.25, 0.3) is 0 Å². The summed E-state index contributed by atoms with van der Waals surface area (Å²) in [6.07, 6.45) is 2.73. The summed E-state index contributed by atoms with van der Waals surface area (Å²) in [6, 6.07) is 9.79. The zero-order valence-electron chi connectivity index (χ0n) is 10.2. The molecule has 1 aliphatic heterocycles. The number of rotatable bonds is 4. The fourth-order valence-electron chi connectivity index (χ4n) is 2.29. The van der Waals surface area contributed by atoms with E-state index in [-0.39, 0.29) is 5.97 Å². The van der Waals surface area contributed by atoms with Gasteiger partial charge in [0.15, 0.2) is 0 Å². The number of carbonyl (C=O) groups excluding carboxylic acids is 1. The Kier molecular flexibility index (Phi) is 3.79. The Hall–Kier alpha value is -1.35. The lowest BCUT2D eigenvalue weighted by Gasteiger charge is -2.25. The lowest BCUT2D eigenvalue weighted by Crippen LogP contribution is -2.48. The van der Waals surface area contributed by atoms with Gasteiger partial charge in [-0.15, -0.1) is 0 Å². The molecule has 92 valence electrons. The zero-order valence-corrected chi connectivity index (χ0v) is 10.2. The first kappa shape index (κ1) is 12.1. The second-order valence-corrected chi connectivity index (χ2v) is 4.53. The highest BCUT2D eigenvalue weighted by Crippen LogP contribution is 2.24. The molecule has 0 spiro atoms. The van der Waals surface area contributed by atoms with Crippen molar-refractivity contribution in [3.8, 4) is 0 Å². The Balaban J connectivity index is 1.93. The summed E-state index contributed by atoms with van der Waals surface area (Å²) < 4.78 is 5.40. The van der Waals surface area contributed by atoms with E-state index in [0.717, 1.165) is 31.4 Å². The van der Waals surface area contributed by atoms with Gasteiger partial charge in [-0.3, -0.25) is 4.79 Å². The van der Waals surface area contributed by atoms with E-state index in [1.54, 1.807) is 0 Å². The number of ether oxygens (including phenoxy) is 1. The van der Waals surface area contributed by atoms with Crippen LogP contribution in [-0.4, -0.2) is 18.1 Å². The van der Waals surface area contributed by atoms with Gasteiger partial charge in [-0.2, -0.15) is 0 Å². The summed E-state index contributed by atoms with van der Waals surface area (Å²) in [5.41, 5.74) is 0.597. The van der Waals surface area contributed by atoms with Gasteiger partial charge < -0.3 is 10.1 Å². The molecule has 0 saturated carbocycles. The second kappa shape index (κ2) is 5.32. The first-order valence-electron chi connectivity index (χ1n) is 6.23. The van der Waals surface area contributed by atoms with Crippen LogP contribution in [0.3, 0.4) is 0 Å². The van der Waals surface area contributed by atoms with Crippen molar-refractivity contribution < 1.29 is 9.53 Å². The first-order valence-corrected chi connectivity index (χ1v) is 6.23. The van der Waals surface area contributed by atoms with Crippen LogP contribution in [0.1, 0.15) is 31.7 Å². The minimum absolute atomic E-state index is 0.110. The molecule has 1 N–H and O–H groups in total. The van der Waals surface area contributed by atoms with E-state index in [1.807, 2.05) is 37.3 Å². The lowest BCUT2D eigenvalue weighted by atomic mass is 9.94. The molecule has 1 saturated heterocycles. The molecule has 2 rings (SSSR count). The molecule has 0 aliphatic carbocycles. The van der Waals surface area contributed by atoms with Crippen molar-refractivity contribution in [1.82, 2.24) is 5.32 Å². The van der Waals surface area contributed by atoms with E-state index in [9.17, 15) is 4.79 Å². The molecule has 0 radical (unpaired) electrons.